The van der Waals surface area contributed by atoms with E-state index in [9.17, 15) is 4.79 Å². The lowest BCUT2D eigenvalue weighted by molar-refractivity contribution is 0.238. The number of hydrogen-bond acceptors (Lipinski definition) is 2. The van der Waals surface area contributed by atoms with Gasteiger partial charge in [-0.3, -0.25) is 4.90 Å². The molecule has 1 aromatic carbocycles. The van der Waals surface area contributed by atoms with Gasteiger partial charge in [-0.15, -0.1) is 0 Å². The van der Waals surface area contributed by atoms with Crippen molar-refractivity contribution < 1.29 is 4.79 Å². The first-order chi connectivity index (χ1) is 7.36. The van der Waals surface area contributed by atoms with E-state index >= 15 is 0 Å². The molecule has 4 nitrogen and oxygen atoms in total. The summed E-state index contributed by atoms with van der Waals surface area (Å²) in [4.78, 5) is 13.6. The van der Waals surface area contributed by atoms with E-state index in [0.717, 1.165) is 30.9 Å². The molecule has 2 aliphatic rings. The molecule has 2 N–H and O–H groups in total. The maximum absolute atomic E-state index is 11.8. The van der Waals surface area contributed by atoms with Crippen molar-refractivity contribution in [3.63, 3.8) is 0 Å². The summed E-state index contributed by atoms with van der Waals surface area (Å²) in [5, 5.41) is 6.24. The van der Waals surface area contributed by atoms with Crippen LogP contribution in [-0.4, -0.2) is 25.2 Å². The minimum absolute atomic E-state index is 0.0280. The first kappa shape index (κ1) is 8.59. The number of carbonyl (C=O) groups is 1. The maximum atomic E-state index is 11.8. The molecule has 2 heterocycles. The van der Waals surface area contributed by atoms with Crippen molar-refractivity contribution in [3.8, 4) is 0 Å². The standard InChI is InChI=1S/C11H13N3O/c15-11-12-6-5-8-7-13-9-3-1-2-4-10(9)14(8)11/h1-4,8,13H,5-7H2,(H,12,15). The van der Waals surface area contributed by atoms with Crippen LogP contribution < -0.4 is 15.5 Å². The van der Waals surface area contributed by atoms with E-state index in [1.165, 1.54) is 0 Å². The lowest BCUT2D eigenvalue weighted by Gasteiger charge is -2.40. The van der Waals surface area contributed by atoms with Crippen LogP contribution in [0.1, 0.15) is 6.42 Å². The van der Waals surface area contributed by atoms with Gasteiger partial charge in [0, 0.05) is 13.1 Å². The Morgan fingerprint density at radius 2 is 2.13 bits per heavy atom. The van der Waals surface area contributed by atoms with Gasteiger partial charge >= 0.3 is 6.03 Å². The third-order valence-corrected chi connectivity index (χ3v) is 3.03. The molecule has 15 heavy (non-hydrogen) atoms. The molecule has 78 valence electrons. The highest BCUT2D eigenvalue weighted by Crippen LogP contribution is 2.32. The molecule has 1 atom stereocenters. The van der Waals surface area contributed by atoms with Crippen LogP contribution in [0.2, 0.25) is 0 Å². The van der Waals surface area contributed by atoms with Crippen LogP contribution in [0.25, 0.3) is 0 Å². The molecule has 4 heteroatoms. The molecule has 1 aromatic rings. The lowest BCUT2D eigenvalue weighted by atomic mass is 10.0. The van der Waals surface area contributed by atoms with Crippen molar-refractivity contribution in [3.05, 3.63) is 24.3 Å². The average molecular weight is 203 g/mol. The highest BCUT2D eigenvalue weighted by atomic mass is 16.2. The molecule has 3 rings (SSSR count). The fraction of sp³-hybridized carbons (Fsp3) is 0.364. The van der Waals surface area contributed by atoms with Crippen LogP contribution in [0.3, 0.4) is 0 Å². The number of hydrogen-bond donors (Lipinski definition) is 2. The topological polar surface area (TPSA) is 44.4 Å². The van der Waals surface area contributed by atoms with Crippen molar-refractivity contribution in [1.29, 1.82) is 0 Å². The molecular weight excluding hydrogens is 190 g/mol. The Kier molecular flexibility index (Phi) is 1.80. The van der Waals surface area contributed by atoms with E-state index in [0.29, 0.717) is 6.04 Å². The molecule has 0 saturated carbocycles. The largest absolute Gasteiger partial charge is 0.381 e. The lowest BCUT2D eigenvalue weighted by Crippen LogP contribution is -2.56. The zero-order valence-electron chi connectivity index (χ0n) is 8.36. The Hall–Kier alpha value is -1.71. The predicted molar refractivity (Wildman–Crippen MR) is 59.2 cm³/mol. The first-order valence-corrected chi connectivity index (χ1v) is 5.26. The van der Waals surface area contributed by atoms with Gasteiger partial charge in [-0.05, 0) is 18.6 Å². The van der Waals surface area contributed by atoms with Crippen LogP contribution in [0.4, 0.5) is 16.2 Å². The molecule has 2 amide bonds. The monoisotopic (exact) mass is 203 g/mol. The molecule has 0 aromatic heterocycles. The van der Waals surface area contributed by atoms with Gasteiger partial charge in [0.1, 0.15) is 0 Å². The minimum Gasteiger partial charge on any atom is -0.381 e. The Balaban J connectivity index is 2.06. The fourth-order valence-corrected chi connectivity index (χ4v) is 2.29. The van der Waals surface area contributed by atoms with Crippen molar-refractivity contribution in [2.24, 2.45) is 0 Å². The van der Waals surface area contributed by atoms with Crippen LogP contribution in [0, 0.1) is 0 Å². The highest BCUT2D eigenvalue weighted by Gasteiger charge is 2.33. The molecule has 0 radical (unpaired) electrons. The zero-order chi connectivity index (χ0) is 10.3. The van der Waals surface area contributed by atoms with Gasteiger partial charge in [-0.25, -0.2) is 4.79 Å². The number of benzene rings is 1. The summed E-state index contributed by atoms with van der Waals surface area (Å²) in [5.74, 6) is 0. The van der Waals surface area contributed by atoms with Gasteiger partial charge in [0.15, 0.2) is 0 Å². The summed E-state index contributed by atoms with van der Waals surface area (Å²) in [6, 6.07) is 8.26. The molecule has 0 spiro atoms. The first-order valence-electron chi connectivity index (χ1n) is 5.26. The number of fused-ring (bicyclic) bond motifs is 3. The van der Waals surface area contributed by atoms with Gasteiger partial charge in [0.05, 0.1) is 17.4 Å². The van der Waals surface area contributed by atoms with Crippen molar-refractivity contribution in [2.75, 3.05) is 23.3 Å². The molecule has 0 aliphatic carbocycles. The predicted octanol–water partition coefficient (Wildman–Crippen LogP) is 1.40. The molecule has 1 saturated heterocycles. The van der Waals surface area contributed by atoms with Crippen molar-refractivity contribution in [2.45, 2.75) is 12.5 Å². The molecule has 1 fully saturated rings. The van der Waals surface area contributed by atoms with E-state index in [4.69, 9.17) is 0 Å². The number of nitrogens with zero attached hydrogens (tertiary/aromatic N) is 1. The van der Waals surface area contributed by atoms with E-state index in [-0.39, 0.29) is 6.03 Å². The second kappa shape index (κ2) is 3.15. The van der Waals surface area contributed by atoms with E-state index in [1.807, 2.05) is 29.2 Å². The van der Waals surface area contributed by atoms with Crippen molar-refractivity contribution in [1.82, 2.24) is 5.32 Å². The third kappa shape index (κ3) is 1.25. The summed E-state index contributed by atoms with van der Waals surface area (Å²) in [5.41, 5.74) is 2.04. The third-order valence-electron chi connectivity index (χ3n) is 3.03. The van der Waals surface area contributed by atoms with Gasteiger partial charge in [0.2, 0.25) is 0 Å². The Morgan fingerprint density at radius 1 is 1.27 bits per heavy atom. The number of anilines is 2. The number of carbonyl (C=O) groups excluding carboxylic acids is 1. The van der Waals surface area contributed by atoms with Crippen LogP contribution in [0.5, 0.6) is 0 Å². The van der Waals surface area contributed by atoms with Gasteiger partial charge in [-0.2, -0.15) is 0 Å². The number of nitrogens with one attached hydrogen (secondary N) is 2. The summed E-state index contributed by atoms with van der Waals surface area (Å²) in [6.45, 7) is 1.63. The Morgan fingerprint density at radius 3 is 3.07 bits per heavy atom. The Labute approximate surface area is 88.3 Å². The summed E-state index contributed by atoms with van der Waals surface area (Å²) in [7, 11) is 0. The fourth-order valence-electron chi connectivity index (χ4n) is 2.29. The smallest absolute Gasteiger partial charge is 0.322 e. The number of para-hydroxylation sites is 2. The van der Waals surface area contributed by atoms with E-state index in [1.54, 1.807) is 0 Å². The maximum Gasteiger partial charge on any atom is 0.322 e. The van der Waals surface area contributed by atoms with Crippen LogP contribution in [-0.2, 0) is 0 Å². The van der Waals surface area contributed by atoms with Gasteiger partial charge in [-0.1, -0.05) is 12.1 Å². The SMILES string of the molecule is O=C1NCCC2CNc3ccccc3N12. The summed E-state index contributed by atoms with van der Waals surface area (Å²) >= 11 is 0. The molecule has 2 aliphatic heterocycles. The quantitative estimate of drug-likeness (QED) is 0.669. The van der Waals surface area contributed by atoms with Gasteiger partial charge < -0.3 is 10.6 Å². The van der Waals surface area contributed by atoms with E-state index < -0.39 is 0 Å². The number of amides is 2. The average Bonchev–Trinajstić information content (AvgIpc) is 2.29. The number of urea groups is 1. The minimum atomic E-state index is 0.0280. The molecule has 0 bridgehead atoms. The molecule has 1 unspecified atom stereocenters. The number of rotatable bonds is 0. The normalized spacial score (nSPS) is 23.6. The summed E-state index contributed by atoms with van der Waals surface area (Å²) < 4.78 is 0. The van der Waals surface area contributed by atoms with Crippen LogP contribution >= 0.6 is 0 Å². The molecular formula is C11H13N3O. The van der Waals surface area contributed by atoms with E-state index in [2.05, 4.69) is 10.6 Å². The highest BCUT2D eigenvalue weighted by molar-refractivity contribution is 5.97. The van der Waals surface area contributed by atoms with Crippen LogP contribution in [0.15, 0.2) is 24.3 Å². The second-order valence-corrected chi connectivity index (χ2v) is 3.94. The van der Waals surface area contributed by atoms with Gasteiger partial charge in [0.25, 0.3) is 0 Å². The zero-order valence-corrected chi connectivity index (χ0v) is 8.36. The summed E-state index contributed by atoms with van der Waals surface area (Å²) in [6.07, 6.45) is 1.01. The Bertz CT molecular complexity index is 405. The van der Waals surface area contributed by atoms with Crippen molar-refractivity contribution >= 4 is 17.4 Å². The second-order valence-electron chi connectivity index (χ2n) is 3.94.